The molecule has 2 heteroatoms. The lowest BCUT2D eigenvalue weighted by Crippen LogP contribution is -2.22. The molecular formula is C11H22OS. The minimum Gasteiger partial charge on any atom is -0.298 e. The molecule has 0 aromatic rings. The molecule has 0 rings (SSSR count). The largest absolute Gasteiger partial charge is 0.298 e. The number of hydrogen-bond donors (Lipinski definition) is 0. The molecule has 0 aliphatic heterocycles. The summed E-state index contributed by atoms with van der Waals surface area (Å²) in [6.45, 7) is 8.16. The van der Waals surface area contributed by atoms with Crippen molar-refractivity contribution in [3.8, 4) is 0 Å². The Bertz CT molecular complexity index is 147. The van der Waals surface area contributed by atoms with Gasteiger partial charge in [0, 0.05) is 5.41 Å². The number of carbonyl (C=O) groups excluding carboxylic acids is 1. The van der Waals surface area contributed by atoms with Gasteiger partial charge in [0.25, 0.3) is 0 Å². The van der Waals surface area contributed by atoms with Crippen LogP contribution >= 0.6 is 11.8 Å². The Labute approximate surface area is 86.7 Å². The molecule has 0 aromatic heterocycles. The Balaban J connectivity index is 3.38. The van der Waals surface area contributed by atoms with Crippen molar-refractivity contribution in [2.75, 3.05) is 11.5 Å². The first kappa shape index (κ1) is 13.0. The van der Waals surface area contributed by atoms with Crippen molar-refractivity contribution in [2.24, 2.45) is 5.41 Å². The molecular weight excluding hydrogens is 180 g/mol. The van der Waals surface area contributed by atoms with Crippen molar-refractivity contribution in [3.63, 3.8) is 0 Å². The Hall–Kier alpha value is 0.0200. The van der Waals surface area contributed by atoms with E-state index < -0.39 is 0 Å². The Morgan fingerprint density at radius 2 is 1.85 bits per heavy atom. The van der Waals surface area contributed by atoms with Crippen molar-refractivity contribution in [1.29, 1.82) is 0 Å². The van der Waals surface area contributed by atoms with E-state index in [4.69, 9.17) is 0 Å². The highest BCUT2D eigenvalue weighted by molar-refractivity contribution is 7.99. The van der Waals surface area contributed by atoms with Crippen LogP contribution in [0.4, 0.5) is 0 Å². The highest BCUT2D eigenvalue weighted by Crippen LogP contribution is 2.18. The summed E-state index contributed by atoms with van der Waals surface area (Å²) >= 11 is 1.78. The summed E-state index contributed by atoms with van der Waals surface area (Å²) in [4.78, 5) is 11.5. The number of ketones is 1. The van der Waals surface area contributed by atoms with Crippen LogP contribution in [-0.2, 0) is 4.79 Å². The summed E-state index contributed by atoms with van der Waals surface area (Å²) in [6.07, 6.45) is 3.79. The van der Waals surface area contributed by atoms with Crippen LogP contribution in [0.1, 0.15) is 47.0 Å². The first-order chi connectivity index (χ1) is 5.98. The third-order valence-corrected chi connectivity index (χ3v) is 3.01. The molecule has 13 heavy (non-hydrogen) atoms. The standard InChI is InChI=1S/C11H22OS/c1-5-6-7-8-13-9-10(12)11(2,3)4/h5-9H2,1-4H3. The van der Waals surface area contributed by atoms with E-state index in [0.29, 0.717) is 11.5 Å². The average molecular weight is 202 g/mol. The van der Waals surface area contributed by atoms with Crippen LogP contribution in [0.25, 0.3) is 0 Å². The van der Waals surface area contributed by atoms with Gasteiger partial charge in [-0.15, -0.1) is 0 Å². The smallest absolute Gasteiger partial charge is 0.148 e. The van der Waals surface area contributed by atoms with Crippen LogP contribution in [0.3, 0.4) is 0 Å². The molecule has 0 radical (unpaired) electrons. The molecule has 0 spiro atoms. The Morgan fingerprint density at radius 1 is 1.23 bits per heavy atom. The predicted octanol–water partition coefficient (Wildman–Crippen LogP) is 3.53. The summed E-state index contributed by atoms with van der Waals surface area (Å²) < 4.78 is 0. The van der Waals surface area contributed by atoms with Crippen LogP contribution in [0.15, 0.2) is 0 Å². The molecule has 78 valence electrons. The maximum Gasteiger partial charge on any atom is 0.148 e. The maximum absolute atomic E-state index is 11.5. The van der Waals surface area contributed by atoms with E-state index >= 15 is 0 Å². The topological polar surface area (TPSA) is 17.1 Å². The maximum atomic E-state index is 11.5. The number of hydrogen-bond acceptors (Lipinski definition) is 2. The summed E-state index contributed by atoms with van der Waals surface area (Å²) in [7, 11) is 0. The second kappa shape index (κ2) is 6.47. The Morgan fingerprint density at radius 3 is 2.31 bits per heavy atom. The predicted molar refractivity (Wildman–Crippen MR) is 61.3 cm³/mol. The van der Waals surface area contributed by atoms with E-state index in [-0.39, 0.29) is 5.41 Å². The van der Waals surface area contributed by atoms with Crippen molar-refractivity contribution in [2.45, 2.75) is 47.0 Å². The number of carbonyl (C=O) groups is 1. The number of Topliss-reactive ketones (excluding diaryl/α,β-unsaturated/α-hetero) is 1. The molecule has 0 saturated carbocycles. The highest BCUT2D eigenvalue weighted by atomic mass is 32.2. The van der Waals surface area contributed by atoms with Crippen molar-refractivity contribution in [1.82, 2.24) is 0 Å². The lowest BCUT2D eigenvalue weighted by Gasteiger charge is -2.15. The van der Waals surface area contributed by atoms with Crippen LogP contribution in [0, 0.1) is 5.41 Å². The molecule has 0 unspecified atom stereocenters. The van der Waals surface area contributed by atoms with Crippen LogP contribution < -0.4 is 0 Å². The molecule has 0 aliphatic rings. The second-order valence-corrected chi connectivity index (χ2v) is 5.54. The van der Waals surface area contributed by atoms with Crippen molar-refractivity contribution < 1.29 is 4.79 Å². The fourth-order valence-electron chi connectivity index (χ4n) is 0.835. The van der Waals surface area contributed by atoms with Crippen LogP contribution in [0.5, 0.6) is 0 Å². The molecule has 0 saturated heterocycles. The molecule has 0 heterocycles. The summed E-state index contributed by atoms with van der Waals surface area (Å²) in [5, 5.41) is 0. The van der Waals surface area contributed by atoms with Crippen molar-refractivity contribution in [3.05, 3.63) is 0 Å². The highest BCUT2D eigenvalue weighted by Gasteiger charge is 2.20. The van der Waals surface area contributed by atoms with Gasteiger partial charge in [-0.2, -0.15) is 11.8 Å². The first-order valence-corrected chi connectivity index (χ1v) is 6.25. The normalized spacial score (nSPS) is 11.7. The molecule has 0 aliphatic carbocycles. The third kappa shape index (κ3) is 7.12. The van der Waals surface area contributed by atoms with Crippen molar-refractivity contribution >= 4 is 17.5 Å². The Kier molecular flexibility index (Phi) is 6.48. The number of thioether (sulfide) groups is 1. The minimum atomic E-state index is -0.155. The molecule has 0 fully saturated rings. The second-order valence-electron chi connectivity index (χ2n) is 4.43. The quantitative estimate of drug-likeness (QED) is 0.613. The minimum absolute atomic E-state index is 0.155. The van der Waals surface area contributed by atoms with Gasteiger partial charge in [0.05, 0.1) is 5.75 Å². The monoisotopic (exact) mass is 202 g/mol. The first-order valence-electron chi connectivity index (χ1n) is 5.09. The zero-order valence-electron chi connectivity index (χ0n) is 9.35. The van der Waals surface area contributed by atoms with Gasteiger partial charge in [-0.1, -0.05) is 40.5 Å². The van der Waals surface area contributed by atoms with Gasteiger partial charge in [-0.25, -0.2) is 0 Å². The van der Waals surface area contributed by atoms with E-state index in [9.17, 15) is 4.79 Å². The van der Waals surface area contributed by atoms with Gasteiger partial charge < -0.3 is 0 Å². The lowest BCUT2D eigenvalue weighted by atomic mass is 9.92. The van der Waals surface area contributed by atoms with E-state index in [1.807, 2.05) is 20.8 Å². The zero-order chi connectivity index (χ0) is 10.3. The molecule has 0 bridgehead atoms. The lowest BCUT2D eigenvalue weighted by molar-refractivity contribution is -0.123. The van der Waals surface area contributed by atoms with E-state index in [2.05, 4.69) is 6.92 Å². The fourth-order valence-corrected chi connectivity index (χ4v) is 2.01. The number of rotatable bonds is 6. The zero-order valence-corrected chi connectivity index (χ0v) is 10.2. The summed E-state index contributed by atoms with van der Waals surface area (Å²) in [6, 6.07) is 0. The number of unbranched alkanes of at least 4 members (excludes halogenated alkanes) is 2. The summed E-state index contributed by atoms with van der Waals surface area (Å²) in [5.74, 6) is 2.19. The van der Waals surface area contributed by atoms with Gasteiger partial charge in [-0.05, 0) is 12.2 Å². The van der Waals surface area contributed by atoms with Gasteiger partial charge in [0.2, 0.25) is 0 Å². The van der Waals surface area contributed by atoms with E-state index in [1.165, 1.54) is 19.3 Å². The van der Waals surface area contributed by atoms with Gasteiger partial charge in [-0.3, -0.25) is 4.79 Å². The van der Waals surface area contributed by atoms with Gasteiger partial charge in [0.1, 0.15) is 5.78 Å². The molecule has 0 N–H and O–H groups in total. The SMILES string of the molecule is CCCCCSCC(=O)C(C)(C)C. The molecule has 0 amide bonds. The average Bonchev–Trinajstić information content (AvgIpc) is 2.02. The van der Waals surface area contributed by atoms with E-state index in [1.54, 1.807) is 11.8 Å². The summed E-state index contributed by atoms with van der Waals surface area (Å²) in [5.41, 5.74) is -0.155. The van der Waals surface area contributed by atoms with Crippen LogP contribution in [0.2, 0.25) is 0 Å². The van der Waals surface area contributed by atoms with E-state index in [0.717, 1.165) is 5.75 Å². The van der Waals surface area contributed by atoms with Crippen LogP contribution in [-0.4, -0.2) is 17.3 Å². The molecule has 1 nitrogen and oxygen atoms in total. The third-order valence-electron chi connectivity index (χ3n) is 1.96. The molecule has 0 atom stereocenters. The molecule has 0 aromatic carbocycles. The fraction of sp³-hybridized carbons (Fsp3) is 0.909. The van der Waals surface area contributed by atoms with Gasteiger partial charge in [0.15, 0.2) is 0 Å². The van der Waals surface area contributed by atoms with Gasteiger partial charge >= 0.3 is 0 Å².